The fourth-order valence-corrected chi connectivity index (χ4v) is 2.38. The first-order chi connectivity index (χ1) is 8.97. The summed E-state index contributed by atoms with van der Waals surface area (Å²) in [5, 5.41) is 3.03. The Bertz CT molecular complexity index is 492. The Hall–Kier alpha value is -1.82. The van der Waals surface area contributed by atoms with E-state index in [1.807, 2.05) is 0 Å². The molecule has 1 aromatic carbocycles. The van der Waals surface area contributed by atoms with Crippen LogP contribution in [0.4, 0.5) is 15.8 Å². The number of amides is 1. The summed E-state index contributed by atoms with van der Waals surface area (Å²) in [7, 11) is 2.06. The van der Waals surface area contributed by atoms with Crippen LogP contribution < -0.4 is 16.8 Å². The maximum atomic E-state index is 13.7. The number of benzene rings is 1. The summed E-state index contributed by atoms with van der Waals surface area (Å²) < 4.78 is 13.7. The number of carbonyl (C=O) groups is 1. The second-order valence-electron chi connectivity index (χ2n) is 5.08. The van der Waals surface area contributed by atoms with E-state index in [1.165, 1.54) is 6.07 Å². The summed E-state index contributed by atoms with van der Waals surface area (Å²) >= 11 is 0. The molecular formula is C13H19FN4O. The van der Waals surface area contributed by atoms with E-state index in [-0.39, 0.29) is 16.9 Å². The zero-order chi connectivity index (χ0) is 14.0. The van der Waals surface area contributed by atoms with E-state index < -0.39 is 11.7 Å². The van der Waals surface area contributed by atoms with E-state index in [0.717, 1.165) is 25.6 Å². The number of nitrogens with two attached hydrogens (primary N) is 2. The normalized spacial score (nSPS) is 19.6. The number of hydrogen-bond acceptors (Lipinski definition) is 4. The molecule has 5 N–H and O–H groups in total. The standard InChI is InChI=1S/C13H19FN4O/c1-18-3-2-8(7-18)6-17-12-4-9(13(16)19)11(15)5-10(12)14/h4-5,8,17H,2-3,6-7,15H2,1H3,(H2,16,19). The summed E-state index contributed by atoms with van der Waals surface area (Å²) in [5.74, 6) is -0.631. The molecule has 1 aliphatic heterocycles. The molecule has 0 spiro atoms. The lowest BCUT2D eigenvalue weighted by atomic mass is 10.1. The molecule has 1 unspecified atom stereocenters. The molecule has 5 nitrogen and oxygen atoms in total. The van der Waals surface area contributed by atoms with Crippen LogP contribution in [0.2, 0.25) is 0 Å². The Balaban J connectivity index is 2.07. The Kier molecular flexibility index (Phi) is 3.90. The van der Waals surface area contributed by atoms with Crippen molar-refractivity contribution in [3.63, 3.8) is 0 Å². The van der Waals surface area contributed by atoms with Crippen LogP contribution in [0.15, 0.2) is 12.1 Å². The maximum absolute atomic E-state index is 13.7. The third-order valence-corrected chi connectivity index (χ3v) is 3.47. The molecule has 1 aromatic rings. The SMILES string of the molecule is CN1CCC(CNc2cc(C(N)=O)c(N)cc2F)C1. The number of carbonyl (C=O) groups excluding carboxylic acids is 1. The predicted octanol–water partition coefficient (Wildman–Crippen LogP) is 0.870. The minimum atomic E-state index is -0.652. The zero-order valence-electron chi connectivity index (χ0n) is 10.9. The van der Waals surface area contributed by atoms with Crippen molar-refractivity contribution >= 4 is 17.3 Å². The molecule has 1 aliphatic rings. The van der Waals surface area contributed by atoms with Crippen molar-refractivity contribution in [1.29, 1.82) is 0 Å². The first-order valence-corrected chi connectivity index (χ1v) is 6.28. The average molecular weight is 266 g/mol. The van der Waals surface area contributed by atoms with Gasteiger partial charge >= 0.3 is 0 Å². The minimum absolute atomic E-state index is 0.0659. The Morgan fingerprint density at radius 3 is 2.89 bits per heavy atom. The van der Waals surface area contributed by atoms with Crippen LogP contribution in [0.1, 0.15) is 16.8 Å². The Labute approximate surface area is 111 Å². The van der Waals surface area contributed by atoms with Gasteiger partial charge in [0.05, 0.1) is 11.3 Å². The molecule has 0 radical (unpaired) electrons. The molecule has 104 valence electrons. The summed E-state index contributed by atoms with van der Waals surface area (Å²) in [6, 6.07) is 2.51. The smallest absolute Gasteiger partial charge is 0.250 e. The molecule has 1 fully saturated rings. The highest BCUT2D eigenvalue weighted by Gasteiger charge is 2.20. The molecule has 19 heavy (non-hydrogen) atoms. The predicted molar refractivity (Wildman–Crippen MR) is 73.4 cm³/mol. The van der Waals surface area contributed by atoms with Crippen molar-refractivity contribution in [1.82, 2.24) is 4.90 Å². The van der Waals surface area contributed by atoms with Gasteiger partial charge in [-0.2, -0.15) is 0 Å². The van der Waals surface area contributed by atoms with Gasteiger partial charge in [-0.1, -0.05) is 0 Å². The molecule has 0 bridgehead atoms. The van der Waals surface area contributed by atoms with Crippen molar-refractivity contribution < 1.29 is 9.18 Å². The van der Waals surface area contributed by atoms with E-state index >= 15 is 0 Å². The lowest BCUT2D eigenvalue weighted by Gasteiger charge is -2.14. The van der Waals surface area contributed by atoms with Gasteiger partial charge in [0, 0.05) is 18.8 Å². The Morgan fingerprint density at radius 1 is 1.58 bits per heavy atom. The second kappa shape index (κ2) is 5.44. The van der Waals surface area contributed by atoms with Gasteiger partial charge in [-0.3, -0.25) is 4.79 Å². The molecule has 0 saturated carbocycles. The molecule has 1 atom stereocenters. The lowest BCUT2D eigenvalue weighted by Crippen LogP contribution is -2.20. The molecule has 0 aromatic heterocycles. The molecule has 1 heterocycles. The summed E-state index contributed by atoms with van der Waals surface area (Å²) in [5.41, 5.74) is 11.2. The van der Waals surface area contributed by atoms with Crippen molar-refractivity contribution in [2.24, 2.45) is 11.7 Å². The number of nitrogens with one attached hydrogen (secondary N) is 1. The first-order valence-electron chi connectivity index (χ1n) is 6.28. The van der Waals surface area contributed by atoms with Crippen molar-refractivity contribution in [2.45, 2.75) is 6.42 Å². The minimum Gasteiger partial charge on any atom is -0.398 e. The second-order valence-corrected chi connectivity index (χ2v) is 5.08. The summed E-state index contributed by atoms with van der Waals surface area (Å²) in [4.78, 5) is 13.4. The van der Waals surface area contributed by atoms with Gasteiger partial charge in [-0.05, 0) is 38.1 Å². The van der Waals surface area contributed by atoms with Gasteiger partial charge in [0.25, 0.3) is 5.91 Å². The third kappa shape index (κ3) is 3.14. The van der Waals surface area contributed by atoms with E-state index in [1.54, 1.807) is 0 Å². The van der Waals surface area contributed by atoms with Crippen LogP contribution in [-0.4, -0.2) is 37.5 Å². The van der Waals surface area contributed by atoms with Gasteiger partial charge in [-0.15, -0.1) is 0 Å². The first kappa shape index (κ1) is 13.6. The summed E-state index contributed by atoms with van der Waals surface area (Å²) in [6.07, 6.45) is 1.09. The van der Waals surface area contributed by atoms with Crippen molar-refractivity contribution in [2.75, 3.05) is 37.7 Å². The van der Waals surface area contributed by atoms with Gasteiger partial charge < -0.3 is 21.7 Å². The monoisotopic (exact) mass is 266 g/mol. The molecule has 1 amide bonds. The molecule has 6 heteroatoms. The number of nitrogens with zero attached hydrogens (tertiary/aromatic N) is 1. The highest BCUT2D eigenvalue weighted by molar-refractivity contribution is 5.99. The topological polar surface area (TPSA) is 84.4 Å². The molecule has 0 aliphatic carbocycles. The lowest BCUT2D eigenvalue weighted by molar-refractivity contribution is 0.100. The third-order valence-electron chi connectivity index (χ3n) is 3.47. The molecule has 1 saturated heterocycles. The quantitative estimate of drug-likeness (QED) is 0.706. The number of anilines is 2. The number of hydrogen-bond donors (Lipinski definition) is 3. The fraction of sp³-hybridized carbons (Fsp3) is 0.462. The number of likely N-dealkylation sites (tertiary alicyclic amines) is 1. The van der Waals surface area contributed by atoms with Gasteiger partial charge in [-0.25, -0.2) is 4.39 Å². The summed E-state index contributed by atoms with van der Waals surface area (Å²) in [6.45, 7) is 2.72. The maximum Gasteiger partial charge on any atom is 0.250 e. The average Bonchev–Trinajstić information content (AvgIpc) is 2.73. The van der Waals surface area contributed by atoms with E-state index in [4.69, 9.17) is 11.5 Å². The van der Waals surface area contributed by atoms with Crippen LogP contribution in [-0.2, 0) is 0 Å². The van der Waals surface area contributed by atoms with E-state index in [2.05, 4.69) is 17.3 Å². The number of primary amides is 1. The highest BCUT2D eigenvalue weighted by Crippen LogP contribution is 2.23. The van der Waals surface area contributed by atoms with Crippen molar-refractivity contribution in [3.8, 4) is 0 Å². The van der Waals surface area contributed by atoms with E-state index in [9.17, 15) is 9.18 Å². The Morgan fingerprint density at radius 2 is 2.32 bits per heavy atom. The van der Waals surface area contributed by atoms with Crippen LogP contribution in [0.5, 0.6) is 0 Å². The number of halogens is 1. The molecule has 2 rings (SSSR count). The van der Waals surface area contributed by atoms with Crippen LogP contribution in [0.3, 0.4) is 0 Å². The highest BCUT2D eigenvalue weighted by atomic mass is 19.1. The van der Waals surface area contributed by atoms with Crippen LogP contribution >= 0.6 is 0 Å². The van der Waals surface area contributed by atoms with Crippen molar-refractivity contribution in [3.05, 3.63) is 23.5 Å². The number of nitrogen functional groups attached to an aromatic ring is 1. The zero-order valence-corrected chi connectivity index (χ0v) is 10.9. The van der Waals surface area contributed by atoms with E-state index in [0.29, 0.717) is 12.5 Å². The van der Waals surface area contributed by atoms with Gasteiger partial charge in [0.2, 0.25) is 0 Å². The van der Waals surface area contributed by atoms with Crippen LogP contribution in [0, 0.1) is 11.7 Å². The number of rotatable bonds is 4. The van der Waals surface area contributed by atoms with Gasteiger partial charge in [0.1, 0.15) is 5.82 Å². The van der Waals surface area contributed by atoms with Crippen LogP contribution in [0.25, 0.3) is 0 Å². The fourth-order valence-electron chi connectivity index (χ4n) is 2.38. The van der Waals surface area contributed by atoms with Gasteiger partial charge in [0.15, 0.2) is 0 Å². The molecular weight excluding hydrogens is 247 g/mol. The largest absolute Gasteiger partial charge is 0.398 e.